The first-order valence-electron chi connectivity index (χ1n) is 7.81. The van der Waals surface area contributed by atoms with Crippen molar-refractivity contribution in [1.29, 1.82) is 0 Å². The fourth-order valence-corrected chi connectivity index (χ4v) is 3.08. The highest BCUT2D eigenvalue weighted by Crippen LogP contribution is 2.23. The first kappa shape index (κ1) is 14.5. The predicted octanol–water partition coefficient (Wildman–Crippen LogP) is 4.98. The van der Waals surface area contributed by atoms with Crippen molar-refractivity contribution < 1.29 is 4.39 Å². The lowest BCUT2D eigenvalue weighted by atomic mass is 9.94. The zero-order chi connectivity index (χ0) is 13.5. The van der Waals surface area contributed by atoms with Gasteiger partial charge in [0.05, 0.1) is 0 Å². The van der Waals surface area contributed by atoms with Crippen molar-refractivity contribution in [3.05, 3.63) is 35.6 Å². The van der Waals surface area contributed by atoms with E-state index >= 15 is 0 Å². The van der Waals surface area contributed by atoms with Gasteiger partial charge in [0.2, 0.25) is 0 Å². The molecule has 0 aromatic heterocycles. The number of halogens is 1. The largest absolute Gasteiger partial charge is 0.307 e. The minimum absolute atomic E-state index is 0.129. The van der Waals surface area contributed by atoms with Gasteiger partial charge in [-0.05, 0) is 37.0 Å². The highest BCUT2D eigenvalue weighted by Gasteiger charge is 2.16. The summed E-state index contributed by atoms with van der Waals surface area (Å²) in [6.45, 7) is 2.17. The molecule has 2 rings (SSSR count). The third-order valence-corrected chi connectivity index (χ3v) is 4.20. The van der Waals surface area contributed by atoms with Crippen molar-refractivity contribution in [1.82, 2.24) is 5.32 Å². The van der Waals surface area contributed by atoms with Gasteiger partial charge in [0.15, 0.2) is 0 Å². The van der Waals surface area contributed by atoms with Crippen molar-refractivity contribution in [2.45, 2.75) is 70.4 Å². The van der Waals surface area contributed by atoms with Gasteiger partial charge in [-0.15, -0.1) is 0 Å². The molecule has 0 amide bonds. The van der Waals surface area contributed by atoms with Crippen LogP contribution in [0.15, 0.2) is 24.3 Å². The van der Waals surface area contributed by atoms with Gasteiger partial charge in [-0.1, -0.05) is 51.2 Å². The SMILES string of the molecule is CCC(NC1CCCCCCC1)c1cccc(F)c1. The monoisotopic (exact) mass is 263 g/mol. The molecule has 19 heavy (non-hydrogen) atoms. The summed E-state index contributed by atoms with van der Waals surface area (Å²) < 4.78 is 13.3. The summed E-state index contributed by atoms with van der Waals surface area (Å²) >= 11 is 0. The number of benzene rings is 1. The molecule has 1 nitrogen and oxygen atoms in total. The predicted molar refractivity (Wildman–Crippen MR) is 78.7 cm³/mol. The molecule has 1 aromatic rings. The van der Waals surface area contributed by atoms with Crippen LogP contribution in [0.5, 0.6) is 0 Å². The Labute approximate surface area is 116 Å². The Balaban J connectivity index is 1.97. The second kappa shape index (κ2) is 7.64. The Morgan fingerprint density at radius 1 is 1.16 bits per heavy atom. The van der Waals surface area contributed by atoms with Crippen LogP contribution >= 0.6 is 0 Å². The highest BCUT2D eigenvalue weighted by molar-refractivity contribution is 5.20. The number of nitrogens with one attached hydrogen (secondary N) is 1. The Hall–Kier alpha value is -0.890. The van der Waals surface area contributed by atoms with Gasteiger partial charge in [0.1, 0.15) is 5.82 Å². The molecule has 1 aliphatic carbocycles. The van der Waals surface area contributed by atoms with Crippen molar-refractivity contribution in [3.8, 4) is 0 Å². The Morgan fingerprint density at radius 2 is 1.84 bits per heavy atom. The first-order valence-corrected chi connectivity index (χ1v) is 7.81. The Bertz CT molecular complexity index is 369. The highest BCUT2D eigenvalue weighted by atomic mass is 19.1. The van der Waals surface area contributed by atoms with Crippen LogP contribution in [0, 0.1) is 5.82 Å². The molecule has 1 fully saturated rings. The van der Waals surface area contributed by atoms with Gasteiger partial charge >= 0.3 is 0 Å². The van der Waals surface area contributed by atoms with Crippen molar-refractivity contribution in [3.63, 3.8) is 0 Å². The van der Waals surface area contributed by atoms with Crippen LogP contribution in [0.25, 0.3) is 0 Å². The molecule has 2 heteroatoms. The number of hydrogen-bond donors (Lipinski definition) is 1. The lowest BCUT2D eigenvalue weighted by Gasteiger charge is -2.27. The number of rotatable bonds is 4. The van der Waals surface area contributed by atoms with Crippen LogP contribution in [0.1, 0.15) is 69.9 Å². The van der Waals surface area contributed by atoms with E-state index in [1.165, 1.54) is 51.0 Å². The molecule has 1 atom stereocenters. The lowest BCUT2D eigenvalue weighted by molar-refractivity contribution is 0.348. The summed E-state index contributed by atoms with van der Waals surface area (Å²) in [5.74, 6) is -0.129. The van der Waals surface area contributed by atoms with E-state index in [4.69, 9.17) is 0 Å². The minimum Gasteiger partial charge on any atom is -0.307 e. The molecular weight excluding hydrogens is 237 g/mol. The number of hydrogen-bond acceptors (Lipinski definition) is 1. The van der Waals surface area contributed by atoms with Crippen LogP contribution in [0.3, 0.4) is 0 Å². The van der Waals surface area contributed by atoms with E-state index in [2.05, 4.69) is 12.2 Å². The van der Waals surface area contributed by atoms with Crippen molar-refractivity contribution in [2.75, 3.05) is 0 Å². The van der Waals surface area contributed by atoms with E-state index in [1.807, 2.05) is 12.1 Å². The zero-order valence-electron chi connectivity index (χ0n) is 12.0. The van der Waals surface area contributed by atoms with E-state index in [0.29, 0.717) is 12.1 Å². The normalized spacial score (nSPS) is 19.7. The third kappa shape index (κ3) is 4.61. The molecule has 0 radical (unpaired) electrons. The van der Waals surface area contributed by atoms with Gasteiger partial charge in [0, 0.05) is 12.1 Å². The molecule has 1 aromatic carbocycles. The maximum Gasteiger partial charge on any atom is 0.123 e. The molecule has 1 unspecified atom stereocenters. The van der Waals surface area contributed by atoms with Crippen LogP contribution < -0.4 is 5.32 Å². The second-order valence-corrected chi connectivity index (χ2v) is 5.72. The summed E-state index contributed by atoms with van der Waals surface area (Å²) in [5.41, 5.74) is 1.09. The summed E-state index contributed by atoms with van der Waals surface area (Å²) in [6, 6.07) is 7.94. The third-order valence-electron chi connectivity index (χ3n) is 4.20. The fraction of sp³-hybridized carbons (Fsp3) is 0.647. The van der Waals surface area contributed by atoms with Gasteiger partial charge in [0.25, 0.3) is 0 Å². The first-order chi connectivity index (χ1) is 9.29. The Morgan fingerprint density at radius 3 is 2.47 bits per heavy atom. The summed E-state index contributed by atoms with van der Waals surface area (Å²) in [6.07, 6.45) is 10.4. The summed E-state index contributed by atoms with van der Waals surface area (Å²) in [7, 11) is 0. The average molecular weight is 263 g/mol. The average Bonchev–Trinajstić information content (AvgIpc) is 2.37. The Kier molecular flexibility index (Phi) is 5.84. The van der Waals surface area contributed by atoms with Gasteiger partial charge in [-0.2, -0.15) is 0 Å². The van der Waals surface area contributed by atoms with Crippen molar-refractivity contribution >= 4 is 0 Å². The lowest BCUT2D eigenvalue weighted by Crippen LogP contribution is -2.33. The van der Waals surface area contributed by atoms with E-state index in [9.17, 15) is 4.39 Å². The van der Waals surface area contributed by atoms with Crippen LogP contribution in [-0.2, 0) is 0 Å². The van der Waals surface area contributed by atoms with E-state index in [-0.39, 0.29) is 5.82 Å². The van der Waals surface area contributed by atoms with E-state index in [0.717, 1.165) is 12.0 Å². The molecule has 1 aliphatic rings. The van der Waals surface area contributed by atoms with Crippen LogP contribution in [-0.4, -0.2) is 6.04 Å². The molecule has 0 bridgehead atoms. The second-order valence-electron chi connectivity index (χ2n) is 5.72. The molecule has 106 valence electrons. The molecule has 0 aliphatic heterocycles. The fourth-order valence-electron chi connectivity index (χ4n) is 3.08. The van der Waals surface area contributed by atoms with Crippen LogP contribution in [0.4, 0.5) is 4.39 Å². The topological polar surface area (TPSA) is 12.0 Å². The standard InChI is InChI=1S/C17H26FN/c1-2-17(14-9-8-10-15(18)13-14)19-16-11-6-4-3-5-7-12-16/h8-10,13,16-17,19H,2-7,11-12H2,1H3. The molecule has 1 N–H and O–H groups in total. The molecule has 0 spiro atoms. The van der Waals surface area contributed by atoms with E-state index in [1.54, 1.807) is 6.07 Å². The van der Waals surface area contributed by atoms with Crippen molar-refractivity contribution in [2.24, 2.45) is 0 Å². The minimum atomic E-state index is -0.129. The smallest absolute Gasteiger partial charge is 0.123 e. The van der Waals surface area contributed by atoms with Gasteiger partial charge in [-0.3, -0.25) is 0 Å². The van der Waals surface area contributed by atoms with Gasteiger partial charge < -0.3 is 5.32 Å². The zero-order valence-corrected chi connectivity index (χ0v) is 12.0. The maximum absolute atomic E-state index is 13.3. The maximum atomic E-state index is 13.3. The summed E-state index contributed by atoms with van der Waals surface area (Å²) in [4.78, 5) is 0. The molecule has 0 saturated heterocycles. The molecular formula is C17H26FN. The van der Waals surface area contributed by atoms with Gasteiger partial charge in [-0.25, -0.2) is 4.39 Å². The summed E-state index contributed by atoms with van der Waals surface area (Å²) in [5, 5.41) is 3.75. The molecule has 1 saturated carbocycles. The molecule has 0 heterocycles. The van der Waals surface area contributed by atoms with Crippen LogP contribution in [0.2, 0.25) is 0 Å². The quantitative estimate of drug-likeness (QED) is 0.808. The van der Waals surface area contributed by atoms with E-state index < -0.39 is 0 Å².